The number of hydrogen-bond acceptors (Lipinski definition) is 3. The van der Waals surface area contributed by atoms with E-state index in [0.717, 1.165) is 5.56 Å². The fourth-order valence-corrected chi connectivity index (χ4v) is 3.19. The summed E-state index contributed by atoms with van der Waals surface area (Å²) in [6.45, 7) is 3.55. The van der Waals surface area contributed by atoms with Crippen LogP contribution >= 0.6 is 0 Å². The number of likely N-dealkylation sites (tertiary alicyclic amines) is 1. The average molecular weight is 330 g/mol. The molecular weight excluding hydrogens is 304 g/mol. The van der Waals surface area contributed by atoms with Gasteiger partial charge in [0, 0.05) is 25.0 Å². The third-order valence-electron chi connectivity index (χ3n) is 5.03. The van der Waals surface area contributed by atoms with Gasteiger partial charge in [-0.1, -0.05) is 30.3 Å². The number of ether oxygens (including phenoxy) is 1. The Morgan fingerprint density at radius 1 is 1.17 bits per heavy atom. The van der Waals surface area contributed by atoms with Gasteiger partial charge < -0.3 is 15.0 Å². The smallest absolute Gasteiger partial charge is 0.410 e. The van der Waals surface area contributed by atoms with Crippen molar-refractivity contribution in [2.45, 2.75) is 45.3 Å². The van der Waals surface area contributed by atoms with Crippen molar-refractivity contribution >= 4 is 12.0 Å². The lowest BCUT2D eigenvalue weighted by Gasteiger charge is -2.31. The second-order valence-electron chi connectivity index (χ2n) is 6.94. The molecular formula is C19H26N2O3. The van der Waals surface area contributed by atoms with Crippen molar-refractivity contribution in [1.29, 1.82) is 0 Å². The zero-order chi connectivity index (χ0) is 16.9. The molecule has 1 aliphatic carbocycles. The van der Waals surface area contributed by atoms with Gasteiger partial charge in [0.15, 0.2) is 0 Å². The number of nitrogens with zero attached hydrogens (tertiary/aromatic N) is 1. The molecule has 130 valence electrons. The molecule has 1 aromatic carbocycles. The fourth-order valence-electron chi connectivity index (χ4n) is 3.19. The molecule has 1 N–H and O–H groups in total. The molecule has 0 spiro atoms. The third-order valence-corrected chi connectivity index (χ3v) is 5.03. The number of hydrogen-bond donors (Lipinski definition) is 1. The van der Waals surface area contributed by atoms with Gasteiger partial charge in [-0.3, -0.25) is 4.79 Å². The van der Waals surface area contributed by atoms with Crippen LogP contribution in [0.3, 0.4) is 0 Å². The van der Waals surface area contributed by atoms with E-state index in [0.29, 0.717) is 38.5 Å². The second-order valence-corrected chi connectivity index (χ2v) is 6.94. The molecule has 2 aliphatic rings. The highest BCUT2D eigenvalue weighted by atomic mass is 16.6. The molecule has 1 aliphatic heterocycles. The van der Waals surface area contributed by atoms with E-state index >= 15 is 0 Å². The van der Waals surface area contributed by atoms with Crippen LogP contribution in [-0.4, -0.2) is 36.0 Å². The van der Waals surface area contributed by atoms with Crippen LogP contribution in [0.2, 0.25) is 0 Å². The third kappa shape index (κ3) is 4.49. The first-order valence-electron chi connectivity index (χ1n) is 8.89. The highest BCUT2D eigenvalue weighted by Crippen LogP contribution is 2.32. The van der Waals surface area contributed by atoms with E-state index in [1.165, 1.54) is 12.8 Å². The molecule has 2 fully saturated rings. The lowest BCUT2D eigenvalue weighted by molar-refractivity contribution is -0.127. The number of amides is 2. The summed E-state index contributed by atoms with van der Waals surface area (Å²) in [6, 6.07) is 9.94. The topological polar surface area (TPSA) is 58.6 Å². The van der Waals surface area contributed by atoms with Crippen LogP contribution in [0.1, 0.15) is 38.2 Å². The Kier molecular flexibility index (Phi) is 5.38. The summed E-state index contributed by atoms with van der Waals surface area (Å²) < 4.78 is 5.35. The van der Waals surface area contributed by atoms with Gasteiger partial charge in [0.2, 0.25) is 5.91 Å². The molecule has 0 radical (unpaired) electrons. The summed E-state index contributed by atoms with van der Waals surface area (Å²) in [5, 5.41) is 3.13. The minimum atomic E-state index is -0.288. The molecule has 1 aromatic rings. The number of nitrogens with one attached hydrogen (secondary N) is 1. The zero-order valence-electron chi connectivity index (χ0n) is 14.2. The van der Waals surface area contributed by atoms with E-state index < -0.39 is 0 Å². The molecule has 1 atom stereocenters. The van der Waals surface area contributed by atoms with Crippen LogP contribution in [-0.2, 0) is 16.1 Å². The number of carbonyl (C=O) groups excluding carboxylic acids is 2. The van der Waals surface area contributed by atoms with Gasteiger partial charge in [0.05, 0.1) is 0 Å². The van der Waals surface area contributed by atoms with Gasteiger partial charge in [0.1, 0.15) is 6.61 Å². The van der Waals surface area contributed by atoms with Crippen LogP contribution in [0.15, 0.2) is 30.3 Å². The van der Waals surface area contributed by atoms with E-state index in [9.17, 15) is 9.59 Å². The molecule has 1 saturated heterocycles. The minimum absolute atomic E-state index is 0.0179. The molecule has 3 rings (SSSR count). The quantitative estimate of drug-likeness (QED) is 0.903. The first kappa shape index (κ1) is 16.8. The Bertz CT molecular complexity index is 563. The van der Waals surface area contributed by atoms with Crippen molar-refractivity contribution in [1.82, 2.24) is 10.2 Å². The highest BCUT2D eigenvalue weighted by molar-refractivity contribution is 5.79. The summed E-state index contributed by atoms with van der Waals surface area (Å²) in [5.41, 5.74) is 0.981. The normalized spacial score (nSPS) is 19.6. The average Bonchev–Trinajstić information content (AvgIpc) is 3.46. The summed E-state index contributed by atoms with van der Waals surface area (Å²) >= 11 is 0. The van der Waals surface area contributed by atoms with Gasteiger partial charge in [-0.15, -0.1) is 0 Å². The maximum absolute atomic E-state index is 12.3. The molecule has 24 heavy (non-hydrogen) atoms. The number of benzene rings is 1. The minimum Gasteiger partial charge on any atom is -0.445 e. The van der Waals surface area contributed by atoms with Gasteiger partial charge in [-0.25, -0.2) is 4.79 Å². The second kappa shape index (κ2) is 7.69. The molecule has 5 nitrogen and oxygen atoms in total. The van der Waals surface area contributed by atoms with E-state index in [4.69, 9.17) is 4.74 Å². The Morgan fingerprint density at radius 2 is 1.83 bits per heavy atom. The molecule has 1 saturated carbocycles. The zero-order valence-corrected chi connectivity index (χ0v) is 14.2. The van der Waals surface area contributed by atoms with Gasteiger partial charge in [-0.05, 0) is 44.1 Å². The van der Waals surface area contributed by atoms with Crippen molar-refractivity contribution in [2.75, 3.05) is 13.1 Å². The summed E-state index contributed by atoms with van der Waals surface area (Å²) in [5.74, 6) is 0.832. The predicted octanol–water partition coefficient (Wildman–Crippen LogP) is 2.95. The first-order valence-corrected chi connectivity index (χ1v) is 8.89. The Labute approximate surface area is 143 Å². The lowest BCUT2D eigenvalue weighted by atomic mass is 9.95. The molecule has 2 amide bonds. The number of carbonyl (C=O) groups is 2. The molecule has 1 heterocycles. The van der Waals surface area contributed by atoms with Crippen molar-refractivity contribution in [3.8, 4) is 0 Å². The van der Waals surface area contributed by atoms with Crippen LogP contribution in [0.4, 0.5) is 4.79 Å². The van der Waals surface area contributed by atoms with Crippen LogP contribution < -0.4 is 5.32 Å². The highest BCUT2D eigenvalue weighted by Gasteiger charge is 2.32. The maximum Gasteiger partial charge on any atom is 0.410 e. The first-order chi connectivity index (χ1) is 11.6. The van der Waals surface area contributed by atoms with E-state index in [1.807, 2.05) is 30.3 Å². The lowest BCUT2D eigenvalue weighted by Crippen LogP contribution is -2.45. The maximum atomic E-state index is 12.3. The summed E-state index contributed by atoms with van der Waals surface area (Å²) in [6.07, 6.45) is 3.59. The van der Waals surface area contributed by atoms with Crippen molar-refractivity contribution in [2.24, 2.45) is 11.8 Å². The summed E-state index contributed by atoms with van der Waals surface area (Å²) in [7, 11) is 0. The molecule has 0 bridgehead atoms. The number of rotatable bonds is 5. The molecule has 5 heteroatoms. The SMILES string of the molecule is CC(NC(=O)C1CCN(C(=O)OCc2ccccc2)CC1)C1CC1. The van der Waals surface area contributed by atoms with Crippen LogP contribution in [0, 0.1) is 11.8 Å². The van der Waals surface area contributed by atoms with Crippen molar-refractivity contribution in [3.05, 3.63) is 35.9 Å². The Morgan fingerprint density at radius 3 is 2.46 bits per heavy atom. The van der Waals surface area contributed by atoms with Crippen LogP contribution in [0.5, 0.6) is 0 Å². The van der Waals surface area contributed by atoms with E-state index in [-0.39, 0.29) is 24.0 Å². The van der Waals surface area contributed by atoms with E-state index in [2.05, 4.69) is 12.2 Å². The summed E-state index contributed by atoms with van der Waals surface area (Å²) in [4.78, 5) is 26.1. The standard InChI is InChI=1S/C19H26N2O3/c1-14(16-7-8-16)20-18(22)17-9-11-21(12-10-17)19(23)24-13-15-5-3-2-4-6-15/h2-6,14,16-17H,7-13H2,1H3,(H,20,22). The van der Waals surface area contributed by atoms with Crippen LogP contribution in [0.25, 0.3) is 0 Å². The monoisotopic (exact) mass is 330 g/mol. The van der Waals surface area contributed by atoms with Crippen molar-refractivity contribution in [3.63, 3.8) is 0 Å². The van der Waals surface area contributed by atoms with Gasteiger partial charge >= 0.3 is 6.09 Å². The molecule has 1 unspecified atom stereocenters. The fraction of sp³-hybridized carbons (Fsp3) is 0.579. The van der Waals surface area contributed by atoms with Gasteiger partial charge in [0.25, 0.3) is 0 Å². The Balaban J connectivity index is 1.39. The van der Waals surface area contributed by atoms with E-state index in [1.54, 1.807) is 4.90 Å². The Hall–Kier alpha value is -2.04. The van der Waals surface area contributed by atoms with Gasteiger partial charge in [-0.2, -0.15) is 0 Å². The largest absolute Gasteiger partial charge is 0.445 e. The molecule has 0 aromatic heterocycles. The predicted molar refractivity (Wildman–Crippen MR) is 91.3 cm³/mol. The number of piperidine rings is 1. The van der Waals surface area contributed by atoms with Crippen molar-refractivity contribution < 1.29 is 14.3 Å².